The van der Waals surface area contributed by atoms with Crippen molar-refractivity contribution < 1.29 is 19.4 Å². The smallest absolute Gasteiger partial charge is 0.323 e. The van der Waals surface area contributed by atoms with Crippen molar-refractivity contribution in [3.8, 4) is 11.5 Å². The number of rotatable bonds is 6. The Morgan fingerprint density at radius 3 is 2.96 bits per heavy atom. The van der Waals surface area contributed by atoms with Crippen molar-refractivity contribution >= 4 is 11.8 Å². The van der Waals surface area contributed by atoms with E-state index in [-0.39, 0.29) is 19.2 Å². The highest BCUT2D eigenvalue weighted by Crippen LogP contribution is 2.32. The Bertz CT molecular complexity index is 831. The number of benzene rings is 1. The molecule has 2 aromatic rings. The van der Waals surface area contributed by atoms with Gasteiger partial charge in [-0.25, -0.2) is 4.98 Å². The molecule has 0 spiro atoms. The molecule has 3 rings (SSSR count). The summed E-state index contributed by atoms with van der Waals surface area (Å²) in [6.07, 6.45) is 2.14. The van der Waals surface area contributed by atoms with Crippen LogP contribution in [0.2, 0.25) is 0 Å². The Kier molecular flexibility index (Phi) is 4.37. The predicted octanol–water partition coefficient (Wildman–Crippen LogP) is 1.02. The van der Waals surface area contributed by atoms with Gasteiger partial charge < -0.3 is 19.9 Å². The Labute approximate surface area is 137 Å². The van der Waals surface area contributed by atoms with Gasteiger partial charge in [-0.2, -0.15) is 0 Å². The summed E-state index contributed by atoms with van der Waals surface area (Å²) in [7, 11) is 0. The van der Waals surface area contributed by atoms with Crippen LogP contribution in [0.5, 0.6) is 11.5 Å². The first-order valence-corrected chi connectivity index (χ1v) is 7.45. The second-order valence-corrected chi connectivity index (χ2v) is 5.40. The summed E-state index contributed by atoms with van der Waals surface area (Å²) in [6.45, 7) is 1.98. The molecule has 0 amide bonds. The van der Waals surface area contributed by atoms with E-state index in [9.17, 15) is 9.59 Å². The molecule has 0 bridgehead atoms. The molecular weight excluding hydrogens is 314 g/mol. The third-order valence-corrected chi connectivity index (χ3v) is 3.69. The van der Waals surface area contributed by atoms with Crippen LogP contribution in [-0.4, -0.2) is 34.0 Å². The monoisotopic (exact) mass is 331 g/mol. The molecule has 1 aliphatic rings. The van der Waals surface area contributed by atoms with Crippen LogP contribution in [0, 0.1) is 6.92 Å². The lowest BCUT2D eigenvalue weighted by atomic mass is 10.1. The van der Waals surface area contributed by atoms with E-state index in [1.807, 2.05) is 18.2 Å². The molecule has 1 aliphatic heterocycles. The fraction of sp³-hybridized carbons (Fsp3) is 0.312. The first-order valence-electron chi connectivity index (χ1n) is 7.45. The summed E-state index contributed by atoms with van der Waals surface area (Å²) >= 11 is 0. The van der Waals surface area contributed by atoms with E-state index in [4.69, 9.17) is 14.6 Å². The van der Waals surface area contributed by atoms with E-state index in [1.54, 1.807) is 6.92 Å². The van der Waals surface area contributed by atoms with Crippen molar-refractivity contribution in [1.29, 1.82) is 0 Å². The molecule has 24 heavy (non-hydrogen) atoms. The number of aliphatic carboxylic acids is 1. The van der Waals surface area contributed by atoms with Gasteiger partial charge in [0, 0.05) is 18.4 Å². The van der Waals surface area contributed by atoms with E-state index in [1.165, 1.54) is 10.8 Å². The highest BCUT2D eigenvalue weighted by molar-refractivity contribution is 5.66. The van der Waals surface area contributed by atoms with E-state index in [0.29, 0.717) is 24.4 Å². The summed E-state index contributed by atoms with van der Waals surface area (Å²) in [5, 5.41) is 11.8. The molecule has 0 aliphatic carbocycles. The van der Waals surface area contributed by atoms with E-state index in [2.05, 4.69) is 10.3 Å². The van der Waals surface area contributed by atoms with E-state index in [0.717, 1.165) is 11.3 Å². The molecule has 2 N–H and O–H groups in total. The third kappa shape index (κ3) is 3.32. The minimum atomic E-state index is -1.07. The topological polar surface area (TPSA) is 103 Å². The number of ether oxygens (including phenoxy) is 2. The zero-order valence-electron chi connectivity index (χ0n) is 13.1. The Morgan fingerprint density at radius 1 is 1.38 bits per heavy atom. The molecule has 0 fully saturated rings. The van der Waals surface area contributed by atoms with Crippen molar-refractivity contribution in [2.75, 3.05) is 18.7 Å². The maximum absolute atomic E-state index is 12.3. The first-order chi connectivity index (χ1) is 11.5. The van der Waals surface area contributed by atoms with Gasteiger partial charge in [0.15, 0.2) is 17.3 Å². The van der Waals surface area contributed by atoms with Gasteiger partial charge in [-0.3, -0.25) is 14.2 Å². The van der Waals surface area contributed by atoms with Crippen LogP contribution < -0.4 is 20.3 Å². The van der Waals surface area contributed by atoms with Crippen LogP contribution in [0.3, 0.4) is 0 Å². The fourth-order valence-electron chi connectivity index (χ4n) is 2.45. The lowest BCUT2D eigenvalue weighted by Crippen LogP contribution is -2.29. The zero-order chi connectivity index (χ0) is 17.1. The molecular formula is C16H17N3O5. The number of carboxylic acid groups (broad SMARTS) is 1. The summed E-state index contributed by atoms with van der Waals surface area (Å²) in [4.78, 5) is 27.2. The molecule has 8 nitrogen and oxygen atoms in total. The van der Waals surface area contributed by atoms with Crippen molar-refractivity contribution in [1.82, 2.24) is 9.55 Å². The minimum Gasteiger partial charge on any atom is -0.480 e. The predicted molar refractivity (Wildman–Crippen MR) is 85.6 cm³/mol. The number of nitrogens with one attached hydrogen (secondary N) is 1. The number of aryl methyl sites for hydroxylation is 1. The van der Waals surface area contributed by atoms with Crippen LogP contribution in [-0.2, 0) is 17.8 Å². The van der Waals surface area contributed by atoms with Crippen LogP contribution >= 0.6 is 0 Å². The van der Waals surface area contributed by atoms with Crippen LogP contribution in [0.25, 0.3) is 0 Å². The molecule has 0 atom stereocenters. The number of fused-ring (bicyclic) bond motifs is 1. The second kappa shape index (κ2) is 6.61. The number of anilines is 1. The lowest BCUT2D eigenvalue weighted by Gasteiger charge is -2.10. The normalized spacial score (nSPS) is 12.2. The number of hydrogen-bond acceptors (Lipinski definition) is 6. The van der Waals surface area contributed by atoms with Crippen molar-refractivity contribution in [3.63, 3.8) is 0 Å². The van der Waals surface area contributed by atoms with Crippen LogP contribution in [0.4, 0.5) is 5.82 Å². The molecule has 1 aromatic carbocycles. The third-order valence-electron chi connectivity index (χ3n) is 3.69. The van der Waals surface area contributed by atoms with Crippen LogP contribution in [0.15, 0.2) is 29.2 Å². The Hall–Kier alpha value is -3.03. The van der Waals surface area contributed by atoms with Crippen molar-refractivity contribution in [3.05, 3.63) is 46.0 Å². The number of carboxylic acids is 1. The first kappa shape index (κ1) is 15.9. The maximum atomic E-state index is 12.3. The lowest BCUT2D eigenvalue weighted by molar-refractivity contribution is -0.137. The van der Waals surface area contributed by atoms with Crippen LogP contribution in [0.1, 0.15) is 11.3 Å². The number of aromatic nitrogens is 2. The molecule has 1 aromatic heterocycles. The Balaban J connectivity index is 1.66. The maximum Gasteiger partial charge on any atom is 0.323 e. The second-order valence-electron chi connectivity index (χ2n) is 5.40. The quantitative estimate of drug-likeness (QED) is 0.814. The molecule has 0 saturated heterocycles. The summed E-state index contributed by atoms with van der Waals surface area (Å²) in [5.41, 5.74) is 1.09. The van der Waals surface area contributed by atoms with Crippen molar-refractivity contribution in [2.24, 2.45) is 0 Å². The van der Waals surface area contributed by atoms with Gasteiger partial charge in [0.1, 0.15) is 6.54 Å². The molecule has 0 radical (unpaired) electrons. The molecule has 2 heterocycles. The minimum absolute atomic E-state index is 0.141. The molecule has 8 heteroatoms. The standard InChI is InChI=1S/C16H17N3O5/c1-10-7-18-15(16(22)19(10)8-14(20)21)17-5-4-11-2-3-12-13(6-11)24-9-23-12/h2-3,6-7H,4-5,8-9H2,1H3,(H,17,18)(H,20,21). The SMILES string of the molecule is Cc1cnc(NCCc2ccc3c(c2)OCO3)c(=O)n1CC(=O)O. The molecule has 126 valence electrons. The highest BCUT2D eigenvalue weighted by atomic mass is 16.7. The number of carbonyl (C=O) groups is 1. The van der Waals surface area contributed by atoms with E-state index < -0.39 is 11.5 Å². The van der Waals surface area contributed by atoms with Gasteiger partial charge >= 0.3 is 5.97 Å². The summed E-state index contributed by atoms with van der Waals surface area (Å²) < 4.78 is 11.8. The Morgan fingerprint density at radius 2 is 2.17 bits per heavy atom. The largest absolute Gasteiger partial charge is 0.480 e. The summed E-state index contributed by atoms with van der Waals surface area (Å²) in [5.74, 6) is 0.508. The fourth-order valence-corrected chi connectivity index (χ4v) is 2.45. The van der Waals surface area contributed by atoms with E-state index >= 15 is 0 Å². The average molecular weight is 331 g/mol. The molecule has 0 unspecified atom stereocenters. The van der Waals surface area contributed by atoms with Gasteiger partial charge in [0.2, 0.25) is 6.79 Å². The van der Waals surface area contributed by atoms with Crippen molar-refractivity contribution in [2.45, 2.75) is 19.9 Å². The van der Waals surface area contributed by atoms with Gasteiger partial charge in [-0.1, -0.05) is 6.07 Å². The number of hydrogen-bond donors (Lipinski definition) is 2. The highest BCUT2D eigenvalue weighted by Gasteiger charge is 2.13. The van der Waals surface area contributed by atoms with Gasteiger partial charge in [-0.05, 0) is 31.0 Å². The van der Waals surface area contributed by atoms with Gasteiger partial charge in [0.05, 0.1) is 0 Å². The summed E-state index contributed by atoms with van der Waals surface area (Å²) in [6, 6.07) is 5.68. The number of nitrogens with zero attached hydrogens (tertiary/aromatic N) is 2. The zero-order valence-corrected chi connectivity index (χ0v) is 13.1. The average Bonchev–Trinajstić information content (AvgIpc) is 3.01. The van der Waals surface area contributed by atoms with Gasteiger partial charge in [0.25, 0.3) is 5.56 Å². The molecule has 0 saturated carbocycles. The van der Waals surface area contributed by atoms with Gasteiger partial charge in [-0.15, -0.1) is 0 Å².